The van der Waals surface area contributed by atoms with Gasteiger partial charge < -0.3 is 5.73 Å². The van der Waals surface area contributed by atoms with Crippen molar-refractivity contribution < 1.29 is 8.42 Å². The highest BCUT2D eigenvalue weighted by molar-refractivity contribution is 7.89. The Morgan fingerprint density at radius 2 is 2.15 bits per heavy atom. The van der Waals surface area contributed by atoms with Crippen LogP contribution in [0.1, 0.15) is 38.2 Å². The Bertz CT molecular complexity index is 632. The van der Waals surface area contributed by atoms with Crippen molar-refractivity contribution in [1.29, 1.82) is 0 Å². The summed E-state index contributed by atoms with van der Waals surface area (Å²) in [4.78, 5) is 0.265. The molecule has 5 heteroatoms. The molecule has 0 radical (unpaired) electrons. The van der Waals surface area contributed by atoms with Crippen LogP contribution < -0.4 is 10.5 Å². The van der Waals surface area contributed by atoms with Crippen LogP contribution in [-0.2, 0) is 10.0 Å². The van der Waals surface area contributed by atoms with Gasteiger partial charge in [0.1, 0.15) is 0 Å². The molecule has 0 heterocycles. The predicted octanol–water partition coefficient (Wildman–Crippen LogP) is 1.61. The molecule has 0 amide bonds. The molecule has 1 aromatic rings. The quantitative estimate of drug-likeness (QED) is 0.828. The molecule has 1 saturated carbocycles. The fourth-order valence-corrected chi connectivity index (χ4v) is 3.95. The van der Waals surface area contributed by atoms with Gasteiger partial charge in [0.05, 0.1) is 11.4 Å². The van der Waals surface area contributed by atoms with Crippen molar-refractivity contribution in [3.63, 3.8) is 0 Å². The average molecular weight is 292 g/mol. The summed E-state index contributed by atoms with van der Waals surface area (Å²) in [5, 5.41) is 0. The van der Waals surface area contributed by atoms with Crippen molar-refractivity contribution in [1.82, 2.24) is 4.72 Å². The molecule has 0 aromatic heterocycles. The predicted molar refractivity (Wildman–Crippen MR) is 79.6 cm³/mol. The lowest BCUT2D eigenvalue weighted by molar-refractivity contribution is 0.214. The maximum atomic E-state index is 12.4. The minimum atomic E-state index is -3.49. The van der Waals surface area contributed by atoms with Crippen LogP contribution in [0, 0.1) is 11.8 Å². The van der Waals surface area contributed by atoms with Gasteiger partial charge in [-0.3, -0.25) is 0 Å². The lowest BCUT2D eigenvalue weighted by Crippen LogP contribution is -2.52. The Kier molecular flexibility index (Phi) is 4.48. The summed E-state index contributed by atoms with van der Waals surface area (Å²) in [7, 11) is -3.49. The standard InChI is InChI=1S/C15H20N2O2S/c1-2-15(9-5-10-15)17-20(18,19)14-8-3-6-13(12-14)7-4-11-16/h3,6,8,12,17H,2,5,9-11,16H2,1H3. The lowest BCUT2D eigenvalue weighted by atomic mass is 9.76. The molecule has 1 aliphatic carbocycles. The second-order valence-electron chi connectivity index (χ2n) is 5.13. The first-order valence-corrected chi connectivity index (χ1v) is 8.33. The van der Waals surface area contributed by atoms with Gasteiger partial charge in [-0.2, -0.15) is 0 Å². The zero-order valence-electron chi connectivity index (χ0n) is 11.6. The average Bonchev–Trinajstić information content (AvgIpc) is 2.41. The van der Waals surface area contributed by atoms with E-state index in [1.165, 1.54) is 0 Å². The lowest BCUT2D eigenvalue weighted by Gasteiger charge is -2.41. The van der Waals surface area contributed by atoms with E-state index < -0.39 is 10.0 Å². The van der Waals surface area contributed by atoms with E-state index in [0.717, 1.165) is 25.7 Å². The molecule has 108 valence electrons. The molecule has 0 spiro atoms. The molecule has 1 fully saturated rings. The topological polar surface area (TPSA) is 72.2 Å². The smallest absolute Gasteiger partial charge is 0.241 e. The van der Waals surface area contributed by atoms with Gasteiger partial charge in [0.25, 0.3) is 0 Å². The van der Waals surface area contributed by atoms with E-state index in [1.807, 2.05) is 6.92 Å². The van der Waals surface area contributed by atoms with Crippen molar-refractivity contribution in [3.8, 4) is 11.8 Å². The van der Waals surface area contributed by atoms with Gasteiger partial charge in [0.2, 0.25) is 10.0 Å². The number of nitrogens with one attached hydrogen (secondary N) is 1. The van der Waals surface area contributed by atoms with Crippen LogP contribution in [0.25, 0.3) is 0 Å². The number of hydrogen-bond donors (Lipinski definition) is 2. The largest absolute Gasteiger partial charge is 0.320 e. The van der Waals surface area contributed by atoms with Crippen molar-refractivity contribution in [2.45, 2.75) is 43.0 Å². The van der Waals surface area contributed by atoms with Gasteiger partial charge in [0, 0.05) is 11.1 Å². The Morgan fingerprint density at radius 3 is 2.70 bits per heavy atom. The molecular formula is C15H20N2O2S. The second-order valence-corrected chi connectivity index (χ2v) is 6.81. The molecule has 0 unspecified atom stereocenters. The molecule has 4 nitrogen and oxygen atoms in total. The van der Waals surface area contributed by atoms with Gasteiger partial charge in [-0.15, -0.1) is 0 Å². The van der Waals surface area contributed by atoms with E-state index >= 15 is 0 Å². The fraction of sp³-hybridized carbons (Fsp3) is 0.467. The number of rotatable bonds is 4. The van der Waals surface area contributed by atoms with E-state index in [9.17, 15) is 8.42 Å². The Morgan fingerprint density at radius 1 is 1.40 bits per heavy atom. The SMILES string of the molecule is CCC1(NS(=O)(=O)c2cccc(C#CCN)c2)CCC1. The first kappa shape index (κ1) is 15.0. The number of benzene rings is 1. The Hall–Kier alpha value is -1.35. The zero-order chi connectivity index (χ0) is 14.6. The normalized spacial score (nSPS) is 16.9. The van der Waals surface area contributed by atoms with Gasteiger partial charge in [0.15, 0.2) is 0 Å². The highest BCUT2D eigenvalue weighted by Crippen LogP contribution is 2.36. The van der Waals surface area contributed by atoms with Crippen LogP contribution in [0.2, 0.25) is 0 Å². The molecule has 0 atom stereocenters. The van der Waals surface area contributed by atoms with Crippen molar-refractivity contribution in [2.75, 3.05) is 6.54 Å². The number of nitrogens with two attached hydrogens (primary N) is 1. The summed E-state index contributed by atoms with van der Waals surface area (Å²) >= 11 is 0. The van der Waals surface area contributed by atoms with E-state index in [-0.39, 0.29) is 17.0 Å². The van der Waals surface area contributed by atoms with Gasteiger partial charge in [-0.1, -0.05) is 24.8 Å². The van der Waals surface area contributed by atoms with Crippen molar-refractivity contribution >= 4 is 10.0 Å². The minimum Gasteiger partial charge on any atom is -0.320 e. The number of sulfonamides is 1. The Labute approximate surface area is 120 Å². The third kappa shape index (κ3) is 3.21. The second kappa shape index (κ2) is 5.96. The molecule has 0 aliphatic heterocycles. The third-order valence-corrected chi connectivity index (χ3v) is 5.39. The summed E-state index contributed by atoms with van der Waals surface area (Å²) in [5.41, 5.74) is 5.74. The Balaban J connectivity index is 2.25. The molecule has 2 rings (SSSR count). The fourth-order valence-electron chi connectivity index (χ4n) is 2.37. The molecular weight excluding hydrogens is 272 g/mol. The monoisotopic (exact) mass is 292 g/mol. The first-order valence-electron chi connectivity index (χ1n) is 6.84. The molecule has 1 aliphatic rings. The highest BCUT2D eigenvalue weighted by atomic mass is 32.2. The zero-order valence-corrected chi connectivity index (χ0v) is 12.5. The highest BCUT2D eigenvalue weighted by Gasteiger charge is 2.39. The minimum absolute atomic E-state index is 0.252. The van der Waals surface area contributed by atoms with Gasteiger partial charge in [-0.05, 0) is 43.9 Å². The van der Waals surface area contributed by atoms with Crippen LogP contribution >= 0.6 is 0 Å². The van der Waals surface area contributed by atoms with E-state index in [4.69, 9.17) is 5.73 Å². The van der Waals surface area contributed by atoms with Crippen LogP contribution in [0.5, 0.6) is 0 Å². The molecule has 3 N–H and O–H groups in total. The molecule has 20 heavy (non-hydrogen) atoms. The van der Waals surface area contributed by atoms with Crippen LogP contribution in [0.4, 0.5) is 0 Å². The first-order chi connectivity index (χ1) is 9.51. The van der Waals surface area contributed by atoms with E-state index in [0.29, 0.717) is 5.56 Å². The van der Waals surface area contributed by atoms with Crippen molar-refractivity contribution in [3.05, 3.63) is 29.8 Å². The summed E-state index contributed by atoms with van der Waals surface area (Å²) in [6.45, 7) is 2.28. The molecule has 1 aromatic carbocycles. The molecule has 0 bridgehead atoms. The van der Waals surface area contributed by atoms with E-state index in [2.05, 4.69) is 16.6 Å². The van der Waals surface area contributed by atoms with Crippen molar-refractivity contribution in [2.24, 2.45) is 5.73 Å². The summed E-state index contributed by atoms with van der Waals surface area (Å²) in [5.74, 6) is 5.58. The molecule has 0 saturated heterocycles. The summed E-state index contributed by atoms with van der Waals surface area (Å²) in [6, 6.07) is 6.67. The third-order valence-electron chi connectivity index (χ3n) is 3.82. The summed E-state index contributed by atoms with van der Waals surface area (Å²) in [6.07, 6.45) is 3.72. The van der Waals surface area contributed by atoms with Gasteiger partial charge in [-0.25, -0.2) is 13.1 Å². The van der Waals surface area contributed by atoms with Crippen LogP contribution in [0.15, 0.2) is 29.2 Å². The number of hydrogen-bond acceptors (Lipinski definition) is 3. The maximum absolute atomic E-state index is 12.4. The summed E-state index contributed by atoms with van der Waals surface area (Å²) < 4.78 is 27.7. The van der Waals surface area contributed by atoms with Crippen LogP contribution in [-0.4, -0.2) is 20.5 Å². The van der Waals surface area contributed by atoms with Crippen LogP contribution in [0.3, 0.4) is 0 Å². The maximum Gasteiger partial charge on any atom is 0.241 e. The van der Waals surface area contributed by atoms with E-state index in [1.54, 1.807) is 24.3 Å². The van der Waals surface area contributed by atoms with Gasteiger partial charge >= 0.3 is 0 Å².